The van der Waals surface area contributed by atoms with Gasteiger partial charge in [-0.05, 0) is 105 Å². The molecule has 0 saturated carbocycles. The van der Waals surface area contributed by atoms with Crippen LogP contribution in [0.2, 0.25) is 0 Å². The van der Waals surface area contributed by atoms with Gasteiger partial charge in [-0.2, -0.15) is 0 Å². The van der Waals surface area contributed by atoms with Crippen LogP contribution < -0.4 is 73.5 Å². The summed E-state index contributed by atoms with van der Waals surface area (Å²) in [6, 6.07) is 46.0. The molecule has 7 heterocycles. The molecule has 30 nitrogen and oxygen atoms in total. The van der Waals surface area contributed by atoms with Crippen LogP contribution in [0.3, 0.4) is 0 Å². The molecule has 0 spiro atoms. The van der Waals surface area contributed by atoms with Crippen LogP contribution in [-0.2, 0) is 40.7 Å². The van der Waals surface area contributed by atoms with Gasteiger partial charge in [-0.25, -0.2) is 4.79 Å². The van der Waals surface area contributed by atoms with E-state index in [-0.39, 0.29) is 129 Å². The zero-order valence-electron chi connectivity index (χ0n) is 58.9. The highest BCUT2D eigenvalue weighted by molar-refractivity contribution is 6.00. The SMILES string of the molecule is CC(C)(C)OC(=O)NCCOCCNC(=O)C1CNC(=O)c2ccc(c(=O)n2OCc2ccccc2)C(=O)NCCCN(C(=O)c2cccc(=O)n2OCc2ccccc2)CCCCN(C(=O)c2cccc(=O)n2OCc2ccccc2)CCCNC(=O)c2ccc(n(OCc3ccccc3)c2=O)C(=O)N1. The van der Waals surface area contributed by atoms with Crippen LogP contribution in [0.25, 0.3) is 0 Å². The minimum absolute atomic E-state index is 0.00886. The Morgan fingerprint density at radius 2 is 0.811 bits per heavy atom. The summed E-state index contributed by atoms with van der Waals surface area (Å²) in [5.41, 5.74) is -3.80. The number of alkyl carbamates (subject to hydrolysis) is 1. The van der Waals surface area contributed by atoms with Crippen molar-refractivity contribution >= 4 is 47.4 Å². The molecule has 3 aliphatic heterocycles. The fourth-order valence-corrected chi connectivity index (χ4v) is 10.8. The quantitative estimate of drug-likeness (QED) is 0.0562. The number of pyridine rings is 4. The third kappa shape index (κ3) is 22.5. The number of amides is 8. The highest BCUT2D eigenvalue weighted by Gasteiger charge is 2.30. The molecule has 11 rings (SSSR count). The maximum absolute atomic E-state index is 14.9. The summed E-state index contributed by atoms with van der Waals surface area (Å²) in [7, 11) is 0. The van der Waals surface area contributed by atoms with Crippen molar-refractivity contribution < 1.29 is 67.2 Å². The number of hydrogen-bond donors (Lipinski definition) is 6. The Balaban J connectivity index is 1.05. The van der Waals surface area contributed by atoms with Gasteiger partial charge in [0.1, 0.15) is 72.0 Å². The monoisotopic (exact) mass is 1450 g/mol. The van der Waals surface area contributed by atoms with Crippen molar-refractivity contribution in [2.24, 2.45) is 0 Å². The summed E-state index contributed by atoms with van der Waals surface area (Å²) < 4.78 is 13.9. The average Bonchev–Trinajstić information content (AvgIpc) is 0.810. The lowest BCUT2D eigenvalue weighted by Gasteiger charge is -2.26. The van der Waals surface area contributed by atoms with E-state index < -0.39 is 110 Å². The highest BCUT2D eigenvalue weighted by atomic mass is 16.7. The van der Waals surface area contributed by atoms with Crippen molar-refractivity contribution in [3.8, 4) is 0 Å². The maximum atomic E-state index is 14.9. The fourth-order valence-electron chi connectivity index (χ4n) is 10.8. The number of nitrogens with zero attached hydrogens (tertiary/aromatic N) is 6. The van der Waals surface area contributed by atoms with Crippen LogP contribution in [0.1, 0.15) is 131 Å². The van der Waals surface area contributed by atoms with Crippen LogP contribution in [0.5, 0.6) is 0 Å². The van der Waals surface area contributed by atoms with E-state index in [0.717, 1.165) is 33.7 Å². The van der Waals surface area contributed by atoms with Crippen molar-refractivity contribution in [2.75, 3.05) is 72.1 Å². The molecule has 8 aromatic rings. The fraction of sp³-hybridized carbons (Fsp3) is 0.316. The van der Waals surface area contributed by atoms with Gasteiger partial charge in [0.05, 0.1) is 13.2 Å². The minimum Gasteiger partial charge on any atom is -0.444 e. The molecular weight excluding hydrogens is 1370 g/mol. The Morgan fingerprint density at radius 3 is 1.23 bits per heavy atom. The number of ether oxygens (including phenoxy) is 2. The summed E-state index contributed by atoms with van der Waals surface area (Å²) >= 11 is 0. The van der Waals surface area contributed by atoms with Crippen molar-refractivity contribution in [3.63, 3.8) is 0 Å². The van der Waals surface area contributed by atoms with Crippen molar-refractivity contribution in [2.45, 2.75) is 84.5 Å². The Labute approximate surface area is 608 Å². The second-order valence-electron chi connectivity index (χ2n) is 25.2. The van der Waals surface area contributed by atoms with Crippen molar-refractivity contribution in [1.82, 2.24) is 60.6 Å². The second-order valence-corrected chi connectivity index (χ2v) is 25.2. The van der Waals surface area contributed by atoms with Crippen LogP contribution in [0.15, 0.2) is 201 Å². The minimum atomic E-state index is -1.68. The normalized spacial score (nSPS) is 14.5. The molecule has 0 saturated heterocycles. The summed E-state index contributed by atoms with van der Waals surface area (Å²) in [4.78, 5) is 197. The number of hydrogen-bond acceptors (Lipinski definition) is 18. The highest BCUT2D eigenvalue weighted by Crippen LogP contribution is 2.14. The molecule has 4 aromatic heterocycles. The molecule has 8 amide bonds. The molecule has 4 bridgehead atoms. The van der Waals surface area contributed by atoms with Crippen LogP contribution in [-0.4, -0.2) is 160 Å². The molecule has 0 radical (unpaired) electrons. The summed E-state index contributed by atoms with van der Waals surface area (Å²) in [5.74, 6) is -6.06. The van der Waals surface area contributed by atoms with E-state index >= 15 is 0 Å². The molecule has 6 N–H and O–H groups in total. The molecule has 1 atom stereocenters. The van der Waals surface area contributed by atoms with E-state index in [0.29, 0.717) is 31.7 Å². The third-order valence-electron chi connectivity index (χ3n) is 16.1. The average molecular weight is 1450 g/mol. The number of rotatable bonds is 21. The number of fused-ring (bicyclic) bond motifs is 2. The van der Waals surface area contributed by atoms with Gasteiger partial charge in [0.25, 0.3) is 57.7 Å². The van der Waals surface area contributed by atoms with Crippen LogP contribution in [0.4, 0.5) is 4.79 Å². The standard InChI is InChI=1S/C76H84N12O18/c1-76(2,3)106-75(100)80-41-47-101-46-40-79-68(93)59-48-81-69(94)60-36-34-57(71(96)87(60)104-51-55-26-12-6-13-27-55)66(91)77-38-20-44-83(73(98)62-30-18-32-64(89)85(62)102-49-53-22-8-4-9-23-53)42-16-17-43-84(74(99)63-31-19-33-65(90)86(63)103-50-54-24-10-5-11-25-54)45-21-39-78-67(92)58-35-37-61(70(95)82-59)88(72(58)97)105-52-56-28-14-7-15-29-56/h4-15,18-19,22-37,59H,16-17,20-21,38-52H2,1-3H3,(H,77,91)(H,78,92)(H,79,93)(H,80,100)(H,81,94)(H,82,95). The smallest absolute Gasteiger partial charge is 0.407 e. The van der Waals surface area contributed by atoms with Gasteiger partial charge in [0.2, 0.25) is 5.91 Å². The lowest BCUT2D eigenvalue weighted by atomic mass is 10.2. The van der Waals surface area contributed by atoms with Gasteiger partial charge in [0, 0.05) is 71.0 Å². The van der Waals surface area contributed by atoms with E-state index in [1.165, 1.54) is 46.2 Å². The van der Waals surface area contributed by atoms with Gasteiger partial charge in [-0.15, -0.1) is 18.9 Å². The largest absolute Gasteiger partial charge is 0.444 e. The van der Waals surface area contributed by atoms with Gasteiger partial charge in [0.15, 0.2) is 0 Å². The zero-order chi connectivity index (χ0) is 75.4. The summed E-state index contributed by atoms with van der Waals surface area (Å²) in [6.45, 7) is 3.15. The van der Waals surface area contributed by atoms with Crippen molar-refractivity contribution in [3.05, 3.63) is 280 Å². The Kier molecular flexibility index (Phi) is 28.2. The Hall–Kier alpha value is -12.6. The van der Waals surface area contributed by atoms with Crippen LogP contribution in [0, 0.1) is 0 Å². The van der Waals surface area contributed by atoms with E-state index in [2.05, 4.69) is 31.9 Å². The second kappa shape index (κ2) is 38.6. The Bertz CT molecular complexity index is 4600. The molecule has 0 fully saturated rings. The Morgan fingerprint density at radius 1 is 0.425 bits per heavy atom. The lowest BCUT2D eigenvalue weighted by Crippen LogP contribution is -2.54. The van der Waals surface area contributed by atoms with Crippen LogP contribution >= 0.6 is 0 Å². The molecule has 556 valence electrons. The molecule has 0 aliphatic carbocycles. The predicted molar refractivity (Wildman–Crippen MR) is 386 cm³/mol. The topological polar surface area (TPSA) is 359 Å². The lowest BCUT2D eigenvalue weighted by molar-refractivity contribution is -0.123. The predicted octanol–water partition coefficient (Wildman–Crippen LogP) is 3.35. The number of aromatic nitrogens is 4. The molecule has 4 aromatic carbocycles. The maximum Gasteiger partial charge on any atom is 0.407 e. The number of nitrogens with one attached hydrogen (secondary N) is 6. The number of benzene rings is 4. The molecular formula is C76H84N12O18. The first-order valence-electron chi connectivity index (χ1n) is 34.4. The first-order chi connectivity index (χ1) is 51.2. The summed E-state index contributed by atoms with van der Waals surface area (Å²) in [6.07, 6.45) is -0.0740. The third-order valence-corrected chi connectivity index (χ3v) is 16.1. The van der Waals surface area contributed by atoms with Gasteiger partial charge >= 0.3 is 6.09 Å². The molecule has 30 heteroatoms. The van der Waals surface area contributed by atoms with Crippen molar-refractivity contribution in [1.29, 1.82) is 0 Å². The van der Waals surface area contributed by atoms with Gasteiger partial charge in [-0.1, -0.05) is 133 Å². The zero-order valence-corrected chi connectivity index (χ0v) is 58.9. The number of carbonyl (C=O) groups is 8. The number of carbonyl (C=O) groups excluding carboxylic acids is 8. The summed E-state index contributed by atoms with van der Waals surface area (Å²) in [5, 5.41) is 15.8. The molecule has 3 aliphatic rings. The van der Waals surface area contributed by atoms with Gasteiger partial charge < -0.3 is 70.5 Å². The van der Waals surface area contributed by atoms with E-state index in [9.17, 15) is 57.5 Å². The van der Waals surface area contributed by atoms with E-state index in [1.54, 1.807) is 130 Å². The van der Waals surface area contributed by atoms with Gasteiger partial charge in [-0.3, -0.25) is 52.7 Å². The molecule has 106 heavy (non-hydrogen) atoms. The van der Waals surface area contributed by atoms with E-state index in [4.69, 9.17) is 28.8 Å². The first kappa shape index (κ1) is 77.6. The first-order valence-corrected chi connectivity index (χ1v) is 34.4. The molecule has 1 unspecified atom stereocenters. The van der Waals surface area contributed by atoms with E-state index in [1.807, 2.05) is 12.1 Å².